The fraction of sp³-hybridized carbons (Fsp3) is 0.259. The molecule has 0 radical (unpaired) electrons. The van der Waals surface area contributed by atoms with Crippen LogP contribution in [-0.4, -0.2) is 54.8 Å². The summed E-state index contributed by atoms with van der Waals surface area (Å²) in [5.41, 5.74) is 9.73. The zero-order chi connectivity index (χ0) is 24.1. The molecule has 0 aromatic heterocycles. The van der Waals surface area contributed by atoms with Crippen LogP contribution in [0.3, 0.4) is 0 Å². The van der Waals surface area contributed by atoms with E-state index in [2.05, 4.69) is 4.90 Å². The number of nitrogens with two attached hydrogens (primary N) is 1. The Bertz CT molecular complexity index is 1150. The maximum atomic E-state index is 13.4. The molecular formula is C27H29ClN4O2. The Labute approximate surface area is 205 Å². The van der Waals surface area contributed by atoms with E-state index in [9.17, 15) is 9.59 Å². The molecule has 176 valence electrons. The highest BCUT2D eigenvalue weighted by Crippen LogP contribution is 2.26. The predicted molar refractivity (Wildman–Crippen MR) is 137 cm³/mol. The van der Waals surface area contributed by atoms with Crippen molar-refractivity contribution >= 4 is 34.8 Å². The average Bonchev–Trinajstić information content (AvgIpc) is 3.10. The van der Waals surface area contributed by atoms with E-state index in [-0.39, 0.29) is 11.8 Å². The monoisotopic (exact) mass is 476 g/mol. The summed E-state index contributed by atoms with van der Waals surface area (Å²) < 4.78 is 0. The number of hydrogen-bond donors (Lipinski definition) is 1. The summed E-state index contributed by atoms with van der Waals surface area (Å²) in [7, 11) is 1.80. The second kappa shape index (κ2) is 10.6. The standard InChI is InChI=1S/C27H29ClN4O2/c1-30(19-20-6-3-2-4-7-20)27(34)24-18-23(29)12-13-25(24)31-14-5-15-32(17-16-31)26(33)21-8-10-22(28)11-9-21/h2-4,6-13,18H,5,14-17,19,29H2,1H3. The molecule has 2 amide bonds. The summed E-state index contributed by atoms with van der Waals surface area (Å²) in [6.07, 6.45) is 0.803. The number of benzene rings is 3. The smallest absolute Gasteiger partial charge is 0.256 e. The number of halogens is 1. The van der Waals surface area contributed by atoms with Gasteiger partial charge in [0.1, 0.15) is 0 Å². The predicted octanol–water partition coefficient (Wildman–Crippen LogP) is 4.55. The van der Waals surface area contributed by atoms with Crippen molar-refractivity contribution in [2.45, 2.75) is 13.0 Å². The Morgan fingerprint density at radius 1 is 0.941 bits per heavy atom. The summed E-state index contributed by atoms with van der Waals surface area (Å²) in [6.45, 7) is 3.11. The van der Waals surface area contributed by atoms with Crippen LogP contribution in [0.1, 0.15) is 32.7 Å². The lowest BCUT2D eigenvalue weighted by molar-refractivity contribution is 0.0763. The average molecular weight is 477 g/mol. The van der Waals surface area contributed by atoms with Crippen LogP contribution in [0.2, 0.25) is 5.02 Å². The second-order valence-electron chi connectivity index (χ2n) is 8.56. The Kier molecular flexibility index (Phi) is 7.38. The lowest BCUT2D eigenvalue weighted by Crippen LogP contribution is -2.36. The van der Waals surface area contributed by atoms with Crippen molar-refractivity contribution < 1.29 is 9.59 Å². The van der Waals surface area contributed by atoms with Gasteiger partial charge in [0.25, 0.3) is 11.8 Å². The molecule has 6 nitrogen and oxygen atoms in total. The first-order chi connectivity index (χ1) is 16.4. The third kappa shape index (κ3) is 5.51. The van der Waals surface area contributed by atoms with Crippen LogP contribution in [0, 0.1) is 0 Å². The lowest BCUT2D eigenvalue weighted by Gasteiger charge is -2.27. The molecule has 0 spiro atoms. The van der Waals surface area contributed by atoms with Gasteiger partial charge >= 0.3 is 0 Å². The highest BCUT2D eigenvalue weighted by molar-refractivity contribution is 6.30. The van der Waals surface area contributed by atoms with Gasteiger partial charge in [-0.15, -0.1) is 0 Å². The van der Waals surface area contributed by atoms with E-state index in [0.29, 0.717) is 48.0 Å². The minimum absolute atomic E-state index is 0.00489. The van der Waals surface area contributed by atoms with Gasteiger partial charge < -0.3 is 20.4 Å². The van der Waals surface area contributed by atoms with Crippen molar-refractivity contribution in [1.29, 1.82) is 0 Å². The molecule has 0 bridgehead atoms. The summed E-state index contributed by atoms with van der Waals surface area (Å²) in [5, 5.41) is 0.608. The van der Waals surface area contributed by atoms with Gasteiger partial charge in [-0.25, -0.2) is 0 Å². The molecule has 2 N–H and O–H groups in total. The third-order valence-electron chi connectivity index (χ3n) is 6.08. The van der Waals surface area contributed by atoms with E-state index >= 15 is 0 Å². The van der Waals surface area contributed by atoms with E-state index in [1.54, 1.807) is 42.3 Å². The van der Waals surface area contributed by atoms with Gasteiger partial charge in [0.05, 0.1) is 5.56 Å². The normalized spacial score (nSPS) is 13.9. The molecule has 0 saturated carbocycles. The zero-order valence-electron chi connectivity index (χ0n) is 19.3. The second-order valence-corrected chi connectivity index (χ2v) is 9.00. The molecule has 3 aromatic rings. The SMILES string of the molecule is CN(Cc1ccccc1)C(=O)c1cc(N)ccc1N1CCCN(C(=O)c2ccc(Cl)cc2)CC1. The quantitative estimate of drug-likeness (QED) is 0.548. The van der Waals surface area contributed by atoms with Crippen LogP contribution in [0.4, 0.5) is 11.4 Å². The van der Waals surface area contributed by atoms with E-state index in [1.165, 1.54) is 0 Å². The van der Waals surface area contributed by atoms with Gasteiger partial charge in [0, 0.05) is 61.7 Å². The van der Waals surface area contributed by atoms with E-state index in [1.807, 2.05) is 47.4 Å². The number of hydrogen-bond acceptors (Lipinski definition) is 4. The minimum Gasteiger partial charge on any atom is -0.399 e. The number of rotatable bonds is 5. The van der Waals surface area contributed by atoms with Gasteiger partial charge in [-0.2, -0.15) is 0 Å². The van der Waals surface area contributed by atoms with Gasteiger partial charge in [-0.3, -0.25) is 9.59 Å². The summed E-state index contributed by atoms with van der Waals surface area (Å²) >= 11 is 5.96. The first-order valence-electron chi connectivity index (χ1n) is 11.4. The highest BCUT2D eigenvalue weighted by atomic mass is 35.5. The molecular weight excluding hydrogens is 448 g/mol. The van der Waals surface area contributed by atoms with Gasteiger partial charge in [-0.05, 0) is 54.4 Å². The number of amides is 2. The number of anilines is 2. The Morgan fingerprint density at radius 3 is 2.41 bits per heavy atom. The number of nitrogen functional groups attached to an aromatic ring is 1. The van der Waals surface area contributed by atoms with Crippen LogP contribution in [0.15, 0.2) is 72.8 Å². The van der Waals surface area contributed by atoms with E-state index in [4.69, 9.17) is 17.3 Å². The van der Waals surface area contributed by atoms with Crippen molar-refractivity contribution in [3.63, 3.8) is 0 Å². The number of carbonyl (C=O) groups is 2. The first-order valence-corrected chi connectivity index (χ1v) is 11.8. The molecule has 34 heavy (non-hydrogen) atoms. The molecule has 7 heteroatoms. The van der Waals surface area contributed by atoms with Crippen LogP contribution in [0.5, 0.6) is 0 Å². The van der Waals surface area contributed by atoms with Crippen molar-refractivity contribution in [2.75, 3.05) is 43.9 Å². The van der Waals surface area contributed by atoms with Gasteiger partial charge in [-0.1, -0.05) is 41.9 Å². The zero-order valence-corrected chi connectivity index (χ0v) is 20.0. The molecule has 0 atom stereocenters. The van der Waals surface area contributed by atoms with Gasteiger partial charge in [0.2, 0.25) is 0 Å². The topological polar surface area (TPSA) is 69.9 Å². The Balaban J connectivity index is 1.50. The molecule has 1 aliphatic rings. The molecule has 1 saturated heterocycles. The van der Waals surface area contributed by atoms with E-state index < -0.39 is 0 Å². The number of nitrogens with zero attached hydrogens (tertiary/aromatic N) is 3. The Morgan fingerprint density at radius 2 is 1.68 bits per heavy atom. The molecule has 1 aliphatic heterocycles. The first kappa shape index (κ1) is 23.6. The summed E-state index contributed by atoms with van der Waals surface area (Å²) in [5.74, 6) is -0.0841. The highest BCUT2D eigenvalue weighted by Gasteiger charge is 2.24. The molecule has 3 aromatic carbocycles. The van der Waals surface area contributed by atoms with Crippen LogP contribution in [-0.2, 0) is 6.54 Å². The van der Waals surface area contributed by atoms with Crippen molar-refractivity contribution in [1.82, 2.24) is 9.80 Å². The molecule has 0 unspecified atom stereocenters. The maximum absolute atomic E-state index is 13.4. The fourth-order valence-corrected chi connectivity index (χ4v) is 4.40. The molecule has 1 fully saturated rings. The molecule has 1 heterocycles. The summed E-state index contributed by atoms with van der Waals surface area (Å²) in [6, 6.07) is 22.4. The maximum Gasteiger partial charge on any atom is 0.256 e. The van der Waals surface area contributed by atoms with E-state index in [0.717, 1.165) is 24.2 Å². The minimum atomic E-state index is -0.0792. The van der Waals surface area contributed by atoms with Gasteiger partial charge in [0.15, 0.2) is 0 Å². The van der Waals surface area contributed by atoms with Crippen molar-refractivity contribution in [2.24, 2.45) is 0 Å². The lowest BCUT2D eigenvalue weighted by atomic mass is 10.1. The van der Waals surface area contributed by atoms with Crippen LogP contribution >= 0.6 is 11.6 Å². The number of carbonyl (C=O) groups excluding carboxylic acids is 2. The third-order valence-corrected chi connectivity index (χ3v) is 6.33. The summed E-state index contributed by atoms with van der Waals surface area (Å²) in [4.78, 5) is 32.1. The molecule has 0 aliphatic carbocycles. The van der Waals surface area contributed by atoms with Crippen LogP contribution in [0.25, 0.3) is 0 Å². The fourth-order valence-electron chi connectivity index (χ4n) is 4.27. The largest absolute Gasteiger partial charge is 0.399 e. The Hall–Kier alpha value is -3.51. The van der Waals surface area contributed by atoms with Crippen molar-refractivity contribution in [3.05, 3.63) is 94.5 Å². The van der Waals surface area contributed by atoms with Crippen molar-refractivity contribution in [3.8, 4) is 0 Å². The molecule has 4 rings (SSSR count). The van der Waals surface area contributed by atoms with Crippen LogP contribution < -0.4 is 10.6 Å².